The lowest BCUT2D eigenvalue weighted by Gasteiger charge is -2.31. The second kappa shape index (κ2) is 9.67. The molecular weight excluding hydrogens is 376 g/mol. The van der Waals surface area contributed by atoms with Gasteiger partial charge in [-0.1, -0.05) is 24.3 Å². The van der Waals surface area contributed by atoms with Crippen molar-refractivity contribution in [2.24, 2.45) is 13.0 Å². The fourth-order valence-electron chi connectivity index (χ4n) is 3.90. The normalized spacial score (nSPS) is 14.8. The van der Waals surface area contributed by atoms with Gasteiger partial charge in [-0.05, 0) is 54.0 Å². The number of nitrogens with zero attached hydrogens (tertiary/aromatic N) is 4. The molecule has 0 spiro atoms. The topological polar surface area (TPSA) is 60.2 Å². The molecular formula is C24H28N4O2. The molecule has 3 aromatic rings. The number of hydrogen-bond donors (Lipinski definition) is 0. The summed E-state index contributed by atoms with van der Waals surface area (Å²) in [5.74, 6) is 0.664. The molecule has 156 valence electrons. The van der Waals surface area contributed by atoms with E-state index in [1.54, 1.807) is 24.9 Å². The summed E-state index contributed by atoms with van der Waals surface area (Å²) in [7, 11) is 1.88. The fourth-order valence-corrected chi connectivity index (χ4v) is 3.90. The van der Waals surface area contributed by atoms with Crippen LogP contribution in [0.25, 0.3) is 0 Å². The number of likely N-dealkylation sites (tertiary alicyclic amines) is 1. The number of benzene rings is 1. The molecule has 3 heterocycles. The minimum atomic E-state index is 0.0465. The molecule has 1 aromatic carbocycles. The zero-order valence-corrected chi connectivity index (χ0v) is 17.4. The van der Waals surface area contributed by atoms with Crippen molar-refractivity contribution in [3.05, 3.63) is 83.7 Å². The fraction of sp³-hybridized carbons (Fsp3) is 0.375. The number of pyridine rings is 1. The summed E-state index contributed by atoms with van der Waals surface area (Å²) in [5.41, 5.74) is 4.21. The summed E-state index contributed by atoms with van der Waals surface area (Å²) in [6, 6.07) is 12.7. The molecule has 2 aromatic heterocycles. The standard InChI is InChI=1S/C24H28N4O2/c1-27-15-23(26-18-27)24(29)28-12-8-20(9-13-28)14-19-2-4-21(5-3-19)16-30-17-22-6-10-25-11-7-22/h2-7,10-11,15,18,20H,8-9,12-14,16-17H2,1H3. The molecule has 0 N–H and O–H groups in total. The molecule has 1 fully saturated rings. The number of rotatable bonds is 7. The zero-order chi connectivity index (χ0) is 20.8. The van der Waals surface area contributed by atoms with E-state index in [0.29, 0.717) is 24.8 Å². The van der Waals surface area contributed by atoms with Gasteiger partial charge in [0.1, 0.15) is 5.69 Å². The highest BCUT2D eigenvalue weighted by Crippen LogP contribution is 2.23. The van der Waals surface area contributed by atoms with Crippen LogP contribution in [0.2, 0.25) is 0 Å². The van der Waals surface area contributed by atoms with E-state index in [9.17, 15) is 4.79 Å². The summed E-state index contributed by atoms with van der Waals surface area (Å²) < 4.78 is 7.61. The van der Waals surface area contributed by atoms with Crippen LogP contribution in [0.4, 0.5) is 0 Å². The summed E-state index contributed by atoms with van der Waals surface area (Å²) in [6.45, 7) is 2.82. The van der Waals surface area contributed by atoms with Crippen molar-refractivity contribution in [2.75, 3.05) is 13.1 Å². The number of carbonyl (C=O) groups is 1. The Morgan fingerprint density at radius 3 is 2.27 bits per heavy atom. The van der Waals surface area contributed by atoms with Crippen LogP contribution in [0.3, 0.4) is 0 Å². The second-order valence-electron chi connectivity index (χ2n) is 8.03. The van der Waals surface area contributed by atoms with Crippen molar-refractivity contribution >= 4 is 5.91 Å². The van der Waals surface area contributed by atoms with Crippen LogP contribution in [0, 0.1) is 5.92 Å². The quantitative estimate of drug-likeness (QED) is 0.603. The molecule has 4 rings (SSSR count). The minimum absolute atomic E-state index is 0.0465. The van der Waals surface area contributed by atoms with E-state index in [2.05, 4.69) is 34.2 Å². The molecule has 0 atom stereocenters. The number of aryl methyl sites for hydroxylation is 1. The molecule has 0 saturated carbocycles. The third kappa shape index (κ3) is 5.33. The molecule has 1 aliphatic rings. The zero-order valence-electron chi connectivity index (χ0n) is 17.4. The van der Waals surface area contributed by atoms with Crippen LogP contribution < -0.4 is 0 Å². The van der Waals surface area contributed by atoms with Gasteiger partial charge < -0.3 is 14.2 Å². The Bertz CT molecular complexity index is 945. The van der Waals surface area contributed by atoms with E-state index in [-0.39, 0.29) is 5.91 Å². The Labute approximate surface area is 177 Å². The van der Waals surface area contributed by atoms with Crippen LogP contribution in [0.5, 0.6) is 0 Å². The Morgan fingerprint density at radius 1 is 1.00 bits per heavy atom. The van der Waals surface area contributed by atoms with Crippen LogP contribution in [0.15, 0.2) is 61.3 Å². The summed E-state index contributed by atoms with van der Waals surface area (Å²) in [6.07, 6.45) is 10.2. The summed E-state index contributed by atoms with van der Waals surface area (Å²) >= 11 is 0. The number of imidazole rings is 1. The Morgan fingerprint density at radius 2 is 1.63 bits per heavy atom. The van der Waals surface area contributed by atoms with Crippen molar-refractivity contribution in [1.29, 1.82) is 0 Å². The van der Waals surface area contributed by atoms with Crippen molar-refractivity contribution in [1.82, 2.24) is 19.4 Å². The van der Waals surface area contributed by atoms with Crippen LogP contribution >= 0.6 is 0 Å². The van der Waals surface area contributed by atoms with E-state index in [1.807, 2.05) is 28.6 Å². The van der Waals surface area contributed by atoms with E-state index in [0.717, 1.165) is 37.9 Å². The predicted molar refractivity (Wildman–Crippen MR) is 115 cm³/mol. The SMILES string of the molecule is Cn1cnc(C(=O)N2CCC(Cc3ccc(COCc4ccncc4)cc3)CC2)c1. The number of amides is 1. The second-order valence-corrected chi connectivity index (χ2v) is 8.03. The van der Waals surface area contributed by atoms with Gasteiger partial charge in [0.2, 0.25) is 0 Å². The van der Waals surface area contributed by atoms with Gasteiger partial charge in [0.15, 0.2) is 0 Å². The third-order valence-corrected chi connectivity index (χ3v) is 5.66. The number of hydrogen-bond acceptors (Lipinski definition) is 4. The van der Waals surface area contributed by atoms with E-state index >= 15 is 0 Å². The largest absolute Gasteiger partial charge is 0.372 e. The van der Waals surface area contributed by atoms with Crippen molar-refractivity contribution in [2.45, 2.75) is 32.5 Å². The van der Waals surface area contributed by atoms with E-state index in [4.69, 9.17) is 4.74 Å². The number of aromatic nitrogens is 3. The maximum absolute atomic E-state index is 12.5. The smallest absolute Gasteiger partial charge is 0.274 e. The lowest BCUT2D eigenvalue weighted by Crippen LogP contribution is -2.39. The van der Waals surface area contributed by atoms with Gasteiger partial charge in [-0.25, -0.2) is 4.98 Å². The number of piperidine rings is 1. The van der Waals surface area contributed by atoms with Crippen molar-refractivity contribution in [3.63, 3.8) is 0 Å². The minimum Gasteiger partial charge on any atom is -0.372 e. The average molecular weight is 405 g/mol. The third-order valence-electron chi connectivity index (χ3n) is 5.66. The van der Waals surface area contributed by atoms with Gasteiger partial charge in [0.25, 0.3) is 5.91 Å². The van der Waals surface area contributed by atoms with Crippen LogP contribution in [-0.2, 0) is 31.4 Å². The molecule has 6 heteroatoms. The monoisotopic (exact) mass is 404 g/mol. The number of carbonyl (C=O) groups excluding carboxylic acids is 1. The highest BCUT2D eigenvalue weighted by molar-refractivity contribution is 5.92. The highest BCUT2D eigenvalue weighted by Gasteiger charge is 2.24. The Kier molecular flexibility index (Phi) is 6.54. The highest BCUT2D eigenvalue weighted by atomic mass is 16.5. The van der Waals surface area contributed by atoms with Gasteiger partial charge in [-0.2, -0.15) is 0 Å². The van der Waals surface area contributed by atoms with E-state index < -0.39 is 0 Å². The lowest BCUT2D eigenvalue weighted by molar-refractivity contribution is 0.0685. The molecule has 6 nitrogen and oxygen atoms in total. The molecule has 0 aliphatic carbocycles. The van der Waals surface area contributed by atoms with Crippen LogP contribution in [0.1, 0.15) is 40.0 Å². The lowest BCUT2D eigenvalue weighted by atomic mass is 9.90. The first-order chi connectivity index (χ1) is 14.7. The van der Waals surface area contributed by atoms with Gasteiger partial charge in [-0.15, -0.1) is 0 Å². The molecule has 1 saturated heterocycles. The summed E-state index contributed by atoms with van der Waals surface area (Å²) in [4.78, 5) is 22.7. The number of ether oxygens (including phenoxy) is 1. The first-order valence-electron chi connectivity index (χ1n) is 10.5. The van der Waals surface area contributed by atoms with Gasteiger partial charge in [0.05, 0.1) is 19.5 Å². The van der Waals surface area contributed by atoms with Gasteiger partial charge >= 0.3 is 0 Å². The Balaban J connectivity index is 1.21. The van der Waals surface area contributed by atoms with Crippen molar-refractivity contribution in [3.8, 4) is 0 Å². The molecule has 1 aliphatic heterocycles. The van der Waals surface area contributed by atoms with Gasteiger partial charge in [-0.3, -0.25) is 9.78 Å². The van der Waals surface area contributed by atoms with Gasteiger partial charge in [0, 0.05) is 38.7 Å². The maximum atomic E-state index is 12.5. The average Bonchev–Trinajstić information content (AvgIpc) is 3.22. The molecule has 0 radical (unpaired) electrons. The first-order valence-corrected chi connectivity index (χ1v) is 10.5. The van der Waals surface area contributed by atoms with E-state index in [1.165, 1.54) is 11.1 Å². The van der Waals surface area contributed by atoms with Crippen LogP contribution in [-0.4, -0.2) is 38.4 Å². The Hall–Kier alpha value is -2.99. The van der Waals surface area contributed by atoms with Crippen molar-refractivity contribution < 1.29 is 9.53 Å². The predicted octanol–water partition coefficient (Wildman–Crippen LogP) is 3.63. The first kappa shape index (κ1) is 20.3. The molecule has 1 amide bonds. The molecule has 30 heavy (non-hydrogen) atoms. The molecule has 0 bridgehead atoms. The summed E-state index contributed by atoms with van der Waals surface area (Å²) in [5, 5.41) is 0. The maximum Gasteiger partial charge on any atom is 0.274 e. The molecule has 0 unspecified atom stereocenters.